The van der Waals surface area contributed by atoms with Crippen LogP contribution in [-0.4, -0.2) is 41.2 Å². The molecule has 1 aromatic heterocycles. The molecule has 1 aliphatic rings. The Morgan fingerprint density at radius 3 is 2.61 bits per heavy atom. The van der Waals surface area contributed by atoms with Gasteiger partial charge in [0.2, 0.25) is 15.9 Å². The number of carbonyl (C=O) groups excluding carboxylic acids is 2. The smallest absolute Gasteiger partial charge is 0.226 e. The van der Waals surface area contributed by atoms with Gasteiger partial charge in [-0.05, 0) is 13.8 Å². The number of rotatable bonds is 7. The third-order valence-electron chi connectivity index (χ3n) is 4.57. The maximum absolute atomic E-state index is 12.4. The lowest BCUT2D eigenvalue weighted by Gasteiger charge is -2.26. The second kappa shape index (κ2) is 8.50. The quantitative estimate of drug-likeness (QED) is 0.694. The summed E-state index contributed by atoms with van der Waals surface area (Å²) in [5.74, 6) is -0.356. The van der Waals surface area contributed by atoms with E-state index in [1.807, 2.05) is 6.07 Å². The maximum Gasteiger partial charge on any atom is 0.226 e. The molecule has 3 rings (SSSR count). The highest BCUT2D eigenvalue weighted by molar-refractivity contribution is 7.89. The van der Waals surface area contributed by atoms with Crippen molar-refractivity contribution in [1.82, 2.24) is 9.29 Å². The van der Waals surface area contributed by atoms with Gasteiger partial charge in [-0.25, -0.2) is 13.4 Å². The van der Waals surface area contributed by atoms with Crippen LogP contribution in [0, 0.1) is 0 Å². The molecule has 0 aliphatic carbocycles. The minimum atomic E-state index is -3.31. The highest BCUT2D eigenvalue weighted by Gasteiger charge is 2.31. The SMILES string of the molecule is CC(C)S(=O)(=O)N1CCc2nc(NC(=O)CCC(=O)c3ccccc3)sc2C1. The van der Waals surface area contributed by atoms with E-state index in [9.17, 15) is 18.0 Å². The number of benzene rings is 1. The van der Waals surface area contributed by atoms with Crippen molar-refractivity contribution in [3.05, 3.63) is 46.5 Å². The summed E-state index contributed by atoms with van der Waals surface area (Å²) < 4.78 is 26.2. The number of hydrogen-bond acceptors (Lipinski definition) is 6. The van der Waals surface area contributed by atoms with Crippen molar-refractivity contribution in [3.63, 3.8) is 0 Å². The van der Waals surface area contributed by atoms with Crippen LogP contribution in [0.2, 0.25) is 0 Å². The number of hydrogen-bond donors (Lipinski definition) is 1. The van der Waals surface area contributed by atoms with E-state index in [-0.39, 0.29) is 31.1 Å². The van der Waals surface area contributed by atoms with Gasteiger partial charge in [0.15, 0.2) is 10.9 Å². The van der Waals surface area contributed by atoms with Crippen LogP contribution in [0.25, 0.3) is 0 Å². The second-order valence-electron chi connectivity index (χ2n) is 6.90. The van der Waals surface area contributed by atoms with E-state index >= 15 is 0 Å². The van der Waals surface area contributed by atoms with Crippen LogP contribution in [0.1, 0.15) is 47.6 Å². The number of fused-ring (bicyclic) bond motifs is 1. The summed E-state index contributed by atoms with van der Waals surface area (Å²) in [5, 5.41) is 2.71. The molecule has 0 bridgehead atoms. The zero-order valence-corrected chi connectivity index (χ0v) is 17.5. The lowest BCUT2D eigenvalue weighted by molar-refractivity contribution is -0.116. The van der Waals surface area contributed by atoms with Crippen molar-refractivity contribution in [2.24, 2.45) is 0 Å². The number of aromatic nitrogens is 1. The van der Waals surface area contributed by atoms with Gasteiger partial charge in [-0.2, -0.15) is 4.31 Å². The van der Waals surface area contributed by atoms with Crippen LogP contribution in [0.3, 0.4) is 0 Å². The molecule has 150 valence electrons. The van der Waals surface area contributed by atoms with Crippen LogP contribution in [0.4, 0.5) is 5.13 Å². The number of ketones is 1. The molecule has 1 N–H and O–H groups in total. The van der Waals surface area contributed by atoms with Crippen LogP contribution >= 0.6 is 11.3 Å². The van der Waals surface area contributed by atoms with Crippen molar-refractivity contribution in [1.29, 1.82) is 0 Å². The molecule has 0 fully saturated rings. The summed E-state index contributed by atoms with van der Waals surface area (Å²) in [6, 6.07) is 8.87. The molecule has 1 aliphatic heterocycles. The number of nitrogens with zero attached hydrogens (tertiary/aromatic N) is 2. The van der Waals surface area contributed by atoms with Crippen LogP contribution in [-0.2, 0) is 27.8 Å². The second-order valence-corrected chi connectivity index (χ2v) is 10.5. The molecule has 28 heavy (non-hydrogen) atoms. The number of sulfonamides is 1. The molecule has 2 heterocycles. The van der Waals surface area contributed by atoms with E-state index in [1.165, 1.54) is 15.6 Å². The first-order valence-electron chi connectivity index (χ1n) is 9.13. The first-order chi connectivity index (χ1) is 13.3. The third-order valence-corrected chi connectivity index (χ3v) is 7.79. The third kappa shape index (κ3) is 4.65. The predicted molar refractivity (Wildman–Crippen MR) is 109 cm³/mol. The molecular formula is C19H23N3O4S2. The van der Waals surface area contributed by atoms with E-state index in [4.69, 9.17) is 0 Å². The van der Waals surface area contributed by atoms with Crippen molar-refractivity contribution >= 4 is 38.2 Å². The Morgan fingerprint density at radius 1 is 1.21 bits per heavy atom. The van der Waals surface area contributed by atoms with Crippen molar-refractivity contribution < 1.29 is 18.0 Å². The molecular weight excluding hydrogens is 398 g/mol. The van der Waals surface area contributed by atoms with Gasteiger partial charge in [0, 0.05) is 42.8 Å². The normalized spacial score (nSPS) is 14.7. The summed E-state index contributed by atoms with van der Waals surface area (Å²) in [7, 11) is -3.31. The zero-order valence-electron chi connectivity index (χ0n) is 15.8. The fourth-order valence-electron chi connectivity index (χ4n) is 2.92. The standard InChI is InChI=1S/C19H23N3O4S2/c1-13(2)28(25,26)22-11-10-15-17(12-22)27-19(20-15)21-18(24)9-8-16(23)14-6-4-3-5-7-14/h3-7,13H,8-12H2,1-2H3,(H,20,21,24). The van der Waals surface area contributed by atoms with Crippen molar-refractivity contribution in [3.8, 4) is 0 Å². The Hall–Kier alpha value is -2.10. The first kappa shape index (κ1) is 20.6. The van der Waals surface area contributed by atoms with E-state index in [0.717, 1.165) is 10.6 Å². The summed E-state index contributed by atoms with van der Waals surface area (Å²) >= 11 is 1.29. The summed E-state index contributed by atoms with van der Waals surface area (Å²) in [5.41, 5.74) is 1.42. The molecule has 1 aromatic carbocycles. The number of thiazole rings is 1. The molecule has 1 amide bonds. The molecule has 0 spiro atoms. The van der Waals surface area contributed by atoms with E-state index in [2.05, 4.69) is 10.3 Å². The minimum Gasteiger partial charge on any atom is -0.302 e. The fourth-order valence-corrected chi connectivity index (χ4v) is 5.29. The van der Waals surface area contributed by atoms with Crippen molar-refractivity contribution in [2.75, 3.05) is 11.9 Å². The van der Waals surface area contributed by atoms with E-state index < -0.39 is 15.3 Å². The Morgan fingerprint density at radius 2 is 1.93 bits per heavy atom. The molecule has 0 atom stereocenters. The molecule has 9 heteroatoms. The maximum atomic E-state index is 12.4. The van der Waals surface area contributed by atoms with Gasteiger partial charge in [0.25, 0.3) is 0 Å². The molecule has 7 nitrogen and oxygen atoms in total. The molecule has 0 unspecified atom stereocenters. The van der Waals surface area contributed by atoms with Gasteiger partial charge in [-0.15, -0.1) is 11.3 Å². The van der Waals surface area contributed by atoms with E-state index in [1.54, 1.807) is 38.1 Å². The van der Waals surface area contributed by atoms with Gasteiger partial charge in [-0.1, -0.05) is 30.3 Å². The topological polar surface area (TPSA) is 96.4 Å². The highest BCUT2D eigenvalue weighted by Crippen LogP contribution is 2.30. The largest absolute Gasteiger partial charge is 0.302 e. The Labute approximate surface area is 168 Å². The molecule has 2 aromatic rings. The lowest BCUT2D eigenvalue weighted by atomic mass is 10.1. The van der Waals surface area contributed by atoms with E-state index in [0.29, 0.717) is 23.7 Å². The Balaban J connectivity index is 1.57. The predicted octanol–water partition coefficient (Wildman–Crippen LogP) is 2.84. The highest BCUT2D eigenvalue weighted by atomic mass is 32.2. The first-order valence-corrected chi connectivity index (χ1v) is 11.4. The van der Waals surface area contributed by atoms with Gasteiger partial charge >= 0.3 is 0 Å². The number of Topliss-reactive ketones (excluding diaryl/α,β-unsaturated/α-hetero) is 1. The molecule has 0 radical (unpaired) electrons. The number of anilines is 1. The molecule has 0 saturated heterocycles. The van der Waals surface area contributed by atoms with Crippen LogP contribution in [0.5, 0.6) is 0 Å². The van der Waals surface area contributed by atoms with Crippen LogP contribution in [0.15, 0.2) is 30.3 Å². The van der Waals surface area contributed by atoms with Gasteiger partial charge in [0.05, 0.1) is 10.9 Å². The average Bonchev–Trinajstić information content (AvgIpc) is 3.07. The monoisotopic (exact) mass is 421 g/mol. The summed E-state index contributed by atoms with van der Waals surface area (Å²) in [6.45, 7) is 4.02. The molecule has 0 saturated carbocycles. The summed E-state index contributed by atoms with van der Waals surface area (Å²) in [6.07, 6.45) is 0.729. The lowest BCUT2D eigenvalue weighted by Crippen LogP contribution is -2.39. The zero-order chi connectivity index (χ0) is 20.3. The Kier molecular flexibility index (Phi) is 6.26. The number of nitrogens with one attached hydrogen (secondary N) is 1. The number of amides is 1. The number of carbonyl (C=O) groups is 2. The van der Waals surface area contributed by atoms with Crippen LogP contribution < -0.4 is 5.32 Å². The fraction of sp³-hybridized carbons (Fsp3) is 0.421. The Bertz CT molecular complexity index is 968. The average molecular weight is 422 g/mol. The minimum absolute atomic E-state index is 0.0752. The summed E-state index contributed by atoms with van der Waals surface area (Å²) in [4.78, 5) is 29.5. The van der Waals surface area contributed by atoms with Gasteiger partial charge in [-0.3, -0.25) is 9.59 Å². The van der Waals surface area contributed by atoms with Gasteiger partial charge in [0.1, 0.15) is 0 Å². The van der Waals surface area contributed by atoms with Crippen molar-refractivity contribution in [2.45, 2.75) is 44.9 Å². The van der Waals surface area contributed by atoms with Gasteiger partial charge < -0.3 is 5.32 Å².